The van der Waals surface area contributed by atoms with Crippen LogP contribution in [0.15, 0.2) is 38.4 Å². The number of carbonyl (C=O) groups excluding carboxylic acids is 1. The Labute approximate surface area is 186 Å². The third kappa shape index (κ3) is 4.90. The molecule has 1 aliphatic heterocycles. The van der Waals surface area contributed by atoms with Crippen LogP contribution in [-0.2, 0) is 5.75 Å². The van der Waals surface area contributed by atoms with Crippen LogP contribution in [0.5, 0.6) is 0 Å². The molecule has 1 atom stereocenters. The smallest absolute Gasteiger partial charge is 0.287 e. The summed E-state index contributed by atoms with van der Waals surface area (Å²) in [6, 6.07) is 8.19. The van der Waals surface area contributed by atoms with E-state index in [-0.39, 0.29) is 5.91 Å². The van der Waals surface area contributed by atoms with Crippen molar-refractivity contribution in [1.82, 2.24) is 15.2 Å². The van der Waals surface area contributed by atoms with E-state index >= 15 is 0 Å². The lowest BCUT2D eigenvalue weighted by molar-refractivity contribution is 0.0896. The first-order chi connectivity index (χ1) is 14.5. The van der Waals surface area contributed by atoms with Crippen LogP contribution >= 0.6 is 23.1 Å². The van der Waals surface area contributed by atoms with E-state index in [4.69, 9.17) is 4.42 Å². The Morgan fingerprint density at radius 2 is 2.13 bits per heavy atom. The minimum atomic E-state index is -0.130. The Balaban J connectivity index is 1.46. The lowest BCUT2D eigenvalue weighted by Gasteiger charge is -2.34. The SMILES string of the molecule is Cc1csc(SCc2c(C(=O)NCC(C)N3CCC(C)CC3)oc3ccccc23)n1. The normalized spacial score (nSPS) is 16.8. The van der Waals surface area contributed by atoms with Crippen molar-refractivity contribution in [2.45, 2.75) is 49.7 Å². The summed E-state index contributed by atoms with van der Waals surface area (Å²) in [6.45, 7) is 9.35. The van der Waals surface area contributed by atoms with Crippen molar-refractivity contribution in [3.8, 4) is 0 Å². The molecule has 1 amide bonds. The number of para-hydroxylation sites is 1. The zero-order valence-electron chi connectivity index (χ0n) is 17.8. The number of aromatic nitrogens is 1. The van der Waals surface area contributed by atoms with Gasteiger partial charge in [-0.2, -0.15) is 0 Å². The number of nitrogens with one attached hydrogen (secondary N) is 1. The molecule has 1 saturated heterocycles. The maximum absolute atomic E-state index is 13.0. The molecule has 160 valence electrons. The lowest BCUT2D eigenvalue weighted by atomic mass is 9.98. The highest BCUT2D eigenvalue weighted by atomic mass is 32.2. The number of piperidine rings is 1. The van der Waals surface area contributed by atoms with E-state index in [1.54, 1.807) is 23.1 Å². The molecule has 3 heterocycles. The minimum absolute atomic E-state index is 0.130. The number of furan rings is 1. The van der Waals surface area contributed by atoms with Gasteiger partial charge in [0.1, 0.15) is 9.92 Å². The maximum atomic E-state index is 13.0. The fraction of sp³-hybridized carbons (Fsp3) is 0.478. The first-order valence-electron chi connectivity index (χ1n) is 10.6. The summed E-state index contributed by atoms with van der Waals surface area (Å²) >= 11 is 3.29. The van der Waals surface area contributed by atoms with Gasteiger partial charge in [0.2, 0.25) is 0 Å². The van der Waals surface area contributed by atoms with Gasteiger partial charge < -0.3 is 9.73 Å². The van der Waals surface area contributed by atoms with Crippen LogP contribution in [0.2, 0.25) is 0 Å². The predicted molar refractivity (Wildman–Crippen MR) is 124 cm³/mol. The quantitative estimate of drug-likeness (QED) is 0.500. The molecule has 1 fully saturated rings. The van der Waals surface area contributed by atoms with Crippen LogP contribution in [0.4, 0.5) is 0 Å². The van der Waals surface area contributed by atoms with Gasteiger partial charge in [-0.15, -0.1) is 11.3 Å². The molecule has 0 spiro atoms. The molecule has 1 N–H and O–H groups in total. The predicted octanol–water partition coefficient (Wildman–Crippen LogP) is 5.34. The molecule has 3 aromatic rings. The number of thiazole rings is 1. The van der Waals surface area contributed by atoms with Gasteiger partial charge in [-0.1, -0.05) is 36.9 Å². The molecule has 1 unspecified atom stereocenters. The molecule has 5 nitrogen and oxygen atoms in total. The topological polar surface area (TPSA) is 58.4 Å². The number of amides is 1. The largest absolute Gasteiger partial charge is 0.451 e. The van der Waals surface area contributed by atoms with Crippen molar-refractivity contribution >= 4 is 40.0 Å². The van der Waals surface area contributed by atoms with E-state index in [2.05, 4.69) is 29.0 Å². The van der Waals surface area contributed by atoms with Crippen LogP contribution in [-0.4, -0.2) is 41.5 Å². The summed E-state index contributed by atoms with van der Waals surface area (Å²) in [5, 5.41) is 6.16. The molecule has 0 radical (unpaired) electrons. The summed E-state index contributed by atoms with van der Waals surface area (Å²) in [5.41, 5.74) is 2.73. The van der Waals surface area contributed by atoms with Gasteiger partial charge in [-0.25, -0.2) is 4.98 Å². The third-order valence-electron chi connectivity index (χ3n) is 5.84. The molecule has 30 heavy (non-hydrogen) atoms. The number of benzene rings is 1. The van der Waals surface area contributed by atoms with E-state index in [1.807, 2.05) is 36.6 Å². The average Bonchev–Trinajstić information content (AvgIpc) is 3.34. The zero-order valence-corrected chi connectivity index (χ0v) is 19.4. The van der Waals surface area contributed by atoms with Crippen LogP contribution in [0.1, 0.15) is 48.5 Å². The van der Waals surface area contributed by atoms with Crippen molar-refractivity contribution in [2.24, 2.45) is 5.92 Å². The summed E-state index contributed by atoms with van der Waals surface area (Å²) in [5.74, 6) is 1.76. The Morgan fingerprint density at radius 3 is 2.87 bits per heavy atom. The van der Waals surface area contributed by atoms with Crippen molar-refractivity contribution in [3.05, 3.63) is 46.7 Å². The number of fused-ring (bicyclic) bond motifs is 1. The second-order valence-corrected chi connectivity index (χ2v) is 10.3. The number of thioether (sulfide) groups is 1. The standard InChI is InChI=1S/C23H29N3O2S2/c1-15-8-10-26(11-9-15)17(3)12-24-22(27)21-19(14-30-23-25-16(2)13-29-23)18-6-4-5-7-20(18)28-21/h4-7,13,15,17H,8-12,14H2,1-3H3,(H,24,27). The molecule has 1 aliphatic rings. The second kappa shape index (κ2) is 9.54. The second-order valence-electron chi connectivity index (χ2n) is 8.23. The Bertz CT molecular complexity index is 1000. The fourth-order valence-corrected chi connectivity index (χ4v) is 5.75. The summed E-state index contributed by atoms with van der Waals surface area (Å²) < 4.78 is 7.00. The molecule has 0 aliphatic carbocycles. The first kappa shape index (κ1) is 21.4. The van der Waals surface area contributed by atoms with Crippen LogP contribution in [0, 0.1) is 12.8 Å². The van der Waals surface area contributed by atoms with Crippen LogP contribution in [0.25, 0.3) is 11.0 Å². The highest BCUT2D eigenvalue weighted by Crippen LogP contribution is 2.33. The highest BCUT2D eigenvalue weighted by molar-refractivity contribution is 8.00. The van der Waals surface area contributed by atoms with E-state index in [0.29, 0.717) is 24.1 Å². The van der Waals surface area contributed by atoms with E-state index in [0.717, 1.165) is 45.6 Å². The van der Waals surface area contributed by atoms with Gasteiger partial charge in [0, 0.05) is 40.4 Å². The van der Waals surface area contributed by atoms with E-state index < -0.39 is 0 Å². The van der Waals surface area contributed by atoms with Crippen LogP contribution in [0.3, 0.4) is 0 Å². The first-order valence-corrected chi connectivity index (χ1v) is 12.5. The molecule has 0 saturated carbocycles. The average molecular weight is 444 g/mol. The lowest BCUT2D eigenvalue weighted by Crippen LogP contribution is -2.45. The van der Waals surface area contributed by atoms with Crippen molar-refractivity contribution in [1.29, 1.82) is 0 Å². The monoisotopic (exact) mass is 443 g/mol. The van der Waals surface area contributed by atoms with E-state index in [1.165, 1.54) is 12.8 Å². The number of rotatable bonds is 7. The number of aryl methyl sites for hydroxylation is 1. The molecule has 1 aromatic carbocycles. The number of carbonyl (C=O) groups is 1. The summed E-state index contributed by atoms with van der Waals surface area (Å²) in [7, 11) is 0. The number of hydrogen-bond donors (Lipinski definition) is 1. The Hall–Kier alpha value is -1.83. The van der Waals surface area contributed by atoms with Crippen molar-refractivity contribution in [3.63, 3.8) is 0 Å². The summed E-state index contributed by atoms with van der Waals surface area (Å²) in [6.07, 6.45) is 2.47. The highest BCUT2D eigenvalue weighted by Gasteiger charge is 2.24. The molecule has 7 heteroatoms. The molecular weight excluding hydrogens is 414 g/mol. The number of hydrogen-bond acceptors (Lipinski definition) is 6. The van der Waals surface area contributed by atoms with Crippen LogP contribution < -0.4 is 5.32 Å². The minimum Gasteiger partial charge on any atom is -0.451 e. The van der Waals surface area contributed by atoms with Crippen molar-refractivity contribution in [2.75, 3.05) is 19.6 Å². The van der Waals surface area contributed by atoms with Gasteiger partial charge in [0.25, 0.3) is 5.91 Å². The number of nitrogens with zero attached hydrogens (tertiary/aromatic N) is 2. The van der Waals surface area contributed by atoms with Crippen molar-refractivity contribution < 1.29 is 9.21 Å². The van der Waals surface area contributed by atoms with Gasteiger partial charge in [0.05, 0.1) is 0 Å². The molecule has 0 bridgehead atoms. The molecule has 2 aromatic heterocycles. The molecule has 4 rings (SSSR count). The number of likely N-dealkylation sites (tertiary alicyclic amines) is 1. The zero-order chi connectivity index (χ0) is 21.1. The maximum Gasteiger partial charge on any atom is 0.287 e. The van der Waals surface area contributed by atoms with E-state index in [9.17, 15) is 4.79 Å². The summed E-state index contributed by atoms with van der Waals surface area (Å²) in [4.78, 5) is 20.0. The van der Waals surface area contributed by atoms with Gasteiger partial charge in [-0.3, -0.25) is 9.69 Å². The molecular formula is C23H29N3O2S2. The van der Waals surface area contributed by atoms with Gasteiger partial charge in [0.15, 0.2) is 5.76 Å². The van der Waals surface area contributed by atoms with Gasteiger partial charge >= 0.3 is 0 Å². The van der Waals surface area contributed by atoms with Gasteiger partial charge in [-0.05, 0) is 51.8 Å². The Kier molecular flexibility index (Phi) is 6.80. The fourth-order valence-electron chi connectivity index (χ4n) is 3.88. The third-order valence-corrected chi connectivity index (χ3v) is 8.01. The Morgan fingerprint density at radius 1 is 1.37 bits per heavy atom.